The zero-order valence-electron chi connectivity index (χ0n) is 5.28. The summed E-state index contributed by atoms with van der Waals surface area (Å²) in [5.74, 6) is 0.220. The van der Waals surface area contributed by atoms with Gasteiger partial charge in [-0.15, -0.1) is 10.2 Å². The molecule has 0 amide bonds. The van der Waals surface area contributed by atoms with Gasteiger partial charge in [-0.2, -0.15) is 0 Å². The van der Waals surface area contributed by atoms with Gasteiger partial charge in [0.05, 0.1) is 0 Å². The van der Waals surface area contributed by atoms with Gasteiger partial charge >= 0.3 is 0 Å². The number of nitrogens with zero attached hydrogens (tertiary/aromatic N) is 2. The molecule has 4 nitrogen and oxygen atoms in total. The minimum absolute atomic E-state index is 0.104. The number of aromatic nitrogens is 2. The smallest absolute Gasteiger partial charge is 0.146 e. The Morgan fingerprint density at radius 2 is 2.20 bits per heavy atom. The number of nitrogens with two attached hydrogens (primary N) is 1. The molecule has 0 aliphatic rings. The predicted octanol–water partition coefficient (Wildman–Crippen LogP) is 0.588. The van der Waals surface area contributed by atoms with Crippen LogP contribution < -0.4 is 5.73 Å². The van der Waals surface area contributed by atoms with E-state index >= 15 is 0 Å². The average molecular weight is 137 g/mol. The van der Waals surface area contributed by atoms with Gasteiger partial charge in [0, 0.05) is 0 Å². The molecular weight excluding hydrogens is 130 g/mol. The van der Waals surface area contributed by atoms with Gasteiger partial charge in [-0.3, -0.25) is 0 Å². The molecule has 1 aromatic rings. The summed E-state index contributed by atoms with van der Waals surface area (Å²) in [6.07, 6.45) is 0. The fraction of sp³-hybridized carbons (Fsp3) is 0. The Morgan fingerprint density at radius 3 is 2.60 bits per heavy atom. The van der Waals surface area contributed by atoms with Crippen LogP contribution in [-0.2, 0) is 0 Å². The SMILES string of the molecule is C=C(O)c1ccc(N)nn1. The van der Waals surface area contributed by atoms with Crippen molar-refractivity contribution in [2.75, 3.05) is 5.73 Å². The third-order valence-electron chi connectivity index (χ3n) is 0.981. The zero-order valence-corrected chi connectivity index (χ0v) is 5.28. The van der Waals surface area contributed by atoms with Crippen LogP contribution in [0.15, 0.2) is 18.7 Å². The van der Waals surface area contributed by atoms with Crippen molar-refractivity contribution in [2.45, 2.75) is 0 Å². The maximum absolute atomic E-state index is 8.78. The van der Waals surface area contributed by atoms with Crippen LogP contribution in [0.4, 0.5) is 5.82 Å². The van der Waals surface area contributed by atoms with E-state index < -0.39 is 0 Å². The van der Waals surface area contributed by atoms with E-state index in [0.717, 1.165) is 0 Å². The molecule has 0 aliphatic heterocycles. The van der Waals surface area contributed by atoms with Crippen LogP contribution in [0, 0.1) is 0 Å². The number of aliphatic hydroxyl groups is 1. The molecule has 1 aromatic heterocycles. The Bertz CT molecular complexity index is 242. The van der Waals surface area contributed by atoms with Gasteiger partial charge in [-0.25, -0.2) is 0 Å². The van der Waals surface area contributed by atoms with Gasteiger partial charge in [0.15, 0.2) is 0 Å². The molecule has 0 bridgehead atoms. The van der Waals surface area contributed by atoms with Crippen molar-refractivity contribution in [3.8, 4) is 0 Å². The molecule has 0 saturated carbocycles. The van der Waals surface area contributed by atoms with Gasteiger partial charge in [0.2, 0.25) is 0 Å². The molecule has 10 heavy (non-hydrogen) atoms. The van der Waals surface area contributed by atoms with Crippen LogP contribution in [-0.4, -0.2) is 15.3 Å². The van der Waals surface area contributed by atoms with E-state index in [1.165, 1.54) is 0 Å². The first kappa shape index (κ1) is 6.54. The maximum atomic E-state index is 8.78. The number of anilines is 1. The quantitative estimate of drug-likeness (QED) is 0.555. The second-order valence-corrected chi connectivity index (χ2v) is 1.79. The lowest BCUT2D eigenvalue weighted by Gasteiger charge is -1.94. The van der Waals surface area contributed by atoms with Crippen molar-refractivity contribution in [2.24, 2.45) is 0 Å². The fourth-order valence-corrected chi connectivity index (χ4v) is 0.496. The lowest BCUT2D eigenvalue weighted by molar-refractivity contribution is 0.509. The minimum Gasteiger partial charge on any atom is -0.506 e. The summed E-state index contributed by atoms with van der Waals surface area (Å²) in [4.78, 5) is 0. The summed E-state index contributed by atoms with van der Waals surface area (Å²) in [5.41, 5.74) is 5.58. The van der Waals surface area contributed by atoms with Crippen LogP contribution in [0.1, 0.15) is 5.69 Å². The van der Waals surface area contributed by atoms with Crippen LogP contribution in [0.3, 0.4) is 0 Å². The van der Waals surface area contributed by atoms with E-state index in [-0.39, 0.29) is 5.76 Å². The normalized spacial score (nSPS) is 9.20. The number of hydrogen-bond donors (Lipinski definition) is 2. The number of hydrogen-bond acceptors (Lipinski definition) is 4. The zero-order chi connectivity index (χ0) is 7.56. The second kappa shape index (κ2) is 2.34. The molecule has 0 fully saturated rings. The van der Waals surface area contributed by atoms with Gasteiger partial charge in [0.25, 0.3) is 0 Å². The number of aliphatic hydroxyl groups excluding tert-OH is 1. The maximum Gasteiger partial charge on any atom is 0.146 e. The first-order valence-electron chi connectivity index (χ1n) is 2.67. The molecule has 1 rings (SSSR count). The molecule has 0 atom stereocenters. The first-order chi connectivity index (χ1) is 4.70. The molecule has 0 aromatic carbocycles. The molecule has 3 N–H and O–H groups in total. The minimum atomic E-state index is -0.104. The van der Waals surface area contributed by atoms with Gasteiger partial charge in [-0.1, -0.05) is 6.58 Å². The topological polar surface area (TPSA) is 72.0 Å². The highest BCUT2D eigenvalue weighted by molar-refractivity contribution is 5.51. The lowest BCUT2D eigenvalue weighted by atomic mass is 10.3. The number of rotatable bonds is 1. The van der Waals surface area contributed by atoms with Gasteiger partial charge in [0.1, 0.15) is 17.3 Å². The van der Waals surface area contributed by atoms with Crippen molar-refractivity contribution in [1.29, 1.82) is 0 Å². The van der Waals surface area contributed by atoms with E-state index in [4.69, 9.17) is 10.8 Å². The average Bonchev–Trinajstić information content (AvgIpc) is 1.88. The van der Waals surface area contributed by atoms with E-state index in [1.807, 2.05) is 0 Å². The molecule has 4 heteroatoms. The van der Waals surface area contributed by atoms with Crippen molar-refractivity contribution in [3.05, 3.63) is 24.4 Å². The van der Waals surface area contributed by atoms with Gasteiger partial charge < -0.3 is 10.8 Å². The van der Waals surface area contributed by atoms with Crippen LogP contribution >= 0.6 is 0 Å². The van der Waals surface area contributed by atoms with Crippen molar-refractivity contribution in [1.82, 2.24) is 10.2 Å². The highest BCUT2D eigenvalue weighted by Crippen LogP contribution is 2.03. The monoisotopic (exact) mass is 137 g/mol. The Morgan fingerprint density at radius 1 is 1.50 bits per heavy atom. The van der Waals surface area contributed by atoms with Crippen molar-refractivity contribution in [3.63, 3.8) is 0 Å². The molecular formula is C6H7N3O. The Labute approximate surface area is 58.0 Å². The molecule has 1 heterocycles. The van der Waals surface area contributed by atoms with Crippen LogP contribution in [0.2, 0.25) is 0 Å². The Kier molecular flexibility index (Phi) is 1.53. The predicted molar refractivity (Wildman–Crippen MR) is 38.1 cm³/mol. The summed E-state index contributed by atoms with van der Waals surface area (Å²) in [6, 6.07) is 3.09. The van der Waals surface area contributed by atoms with Crippen molar-refractivity contribution < 1.29 is 5.11 Å². The molecule has 0 spiro atoms. The summed E-state index contributed by atoms with van der Waals surface area (Å²) in [7, 11) is 0. The molecule has 0 aliphatic carbocycles. The molecule has 0 unspecified atom stereocenters. The summed E-state index contributed by atoms with van der Waals surface area (Å²) < 4.78 is 0. The highest BCUT2D eigenvalue weighted by Gasteiger charge is 1.95. The highest BCUT2D eigenvalue weighted by atomic mass is 16.3. The van der Waals surface area contributed by atoms with Crippen molar-refractivity contribution >= 4 is 11.6 Å². The summed E-state index contributed by atoms with van der Waals surface area (Å²) in [5, 5.41) is 15.8. The molecule has 52 valence electrons. The lowest BCUT2D eigenvalue weighted by Crippen LogP contribution is -1.95. The molecule has 0 saturated heterocycles. The fourth-order valence-electron chi connectivity index (χ4n) is 0.496. The second-order valence-electron chi connectivity index (χ2n) is 1.79. The van der Waals surface area contributed by atoms with E-state index in [1.54, 1.807) is 12.1 Å². The van der Waals surface area contributed by atoms with E-state index in [2.05, 4.69) is 16.8 Å². The third-order valence-corrected chi connectivity index (χ3v) is 0.981. The largest absolute Gasteiger partial charge is 0.506 e. The summed E-state index contributed by atoms with van der Waals surface area (Å²) >= 11 is 0. The van der Waals surface area contributed by atoms with Crippen LogP contribution in [0.5, 0.6) is 0 Å². The standard InChI is InChI=1S/C6H7N3O/c1-4(10)5-2-3-6(7)9-8-5/h2-3,10H,1H2,(H2,7,9). The van der Waals surface area contributed by atoms with E-state index in [9.17, 15) is 0 Å². The molecule has 0 radical (unpaired) electrons. The third kappa shape index (κ3) is 1.22. The Hall–Kier alpha value is -1.58. The first-order valence-corrected chi connectivity index (χ1v) is 2.67. The van der Waals surface area contributed by atoms with Gasteiger partial charge in [-0.05, 0) is 12.1 Å². The van der Waals surface area contributed by atoms with Crippen LogP contribution in [0.25, 0.3) is 5.76 Å². The Balaban J connectivity index is 3.00. The van der Waals surface area contributed by atoms with E-state index in [0.29, 0.717) is 11.5 Å². The summed E-state index contributed by atoms with van der Waals surface area (Å²) in [6.45, 7) is 3.27. The number of nitrogen functional groups attached to an aromatic ring is 1.